The first kappa shape index (κ1) is 41.2. The highest BCUT2D eigenvalue weighted by atomic mass is 35.5. The number of aromatic nitrogens is 3. The smallest absolute Gasteiger partial charge is 0.388 e. The van der Waals surface area contributed by atoms with E-state index in [0.29, 0.717) is 5.69 Å². The lowest BCUT2D eigenvalue weighted by Gasteiger charge is -2.23. The molecule has 0 atom stereocenters. The van der Waals surface area contributed by atoms with E-state index >= 15 is 0 Å². The average molecular weight is 768 g/mol. The lowest BCUT2D eigenvalue weighted by molar-refractivity contribution is -0.138. The van der Waals surface area contributed by atoms with Gasteiger partial charge >= 0.3 is 6.18 Å². The Morgan fingerprint density at radius 1 is 0.846 bits per heavy atom. The van der Waals surface area contributed by atoms with Crippen LogP contribution in [0.15, 0.2) is 55.0 Å². The Morgan fingerprint density at radius 2 is 1.38 bits per heavy atom. The number of alkyl halides is 4. The number of halogens is 5. The van der Waals surface area contributed by atoms with E-state index in [4.69, 9.17) is 22.7 Å². The van der Waals surface area contributed by atoms with Crippen molar-refractivity contribution in [1.29, 1.82) is 5.41 Å². The number of aryl methyl sites for hydroxylation is 4. The van der Waals surface area contributed by atoms with Crippen LogP contribution in [0.25, 0.3) is 0 Å². The predicted molar refractivity (Wildman–Crippen MR) is 195 cm³/mol. The summed E-state index contributed by atoms with van der Waals surface area (Å²) in [6.07, 6.45) is 0.201. The van der Waals surface area contributed by atoms with Crippen LogP contribution in [0.3, 0.4) is 0 Å². The Labute approximate surface area is 308 Å². The van der Waals surface area contributed by atoms with Crippen LogP contribution < -0.4 is 32.1 Å². The van der Waals surface area contributed by atoms with E-state index in [1.807, 2.05) is 0 Å². The van der Waals surface area contributed by atoms with E-state index < -0.39 is 35.4 Å². The number of anilines is 3. The van der Waals surface area contributed by atoms with Crippen molar-refractivity contribution >= 4 is 70.5 Å². The van der Waals surface area contributed by atoms with Gasteiger partial charge in [0.25, 0.3) is 23.6 Å². The quantitative estimate of drug-likeness (QED) is 0.0470. The lowest BCUT2D eigenvalue weighted by atomic mass is 10.0. The van der Waals surface area contributed by atoms with Gasteiger partial charge in [-0.3, -0.25) is 24.6 Å². The van der Waals surface area contributed by atoms with E-state index in [1.54, 1.807) is 34.3 Å². The van der Waals surface area contributed by atoms with Gasteiger partial charge in [-0.2, -0.15) is 13.2 Å². The number of nitrogens with zero attached hydrogens (tertiary/aromatic N) is 4. The number of carbonyl (C=O) groups excluding carboxylic acids is 4. The minimum atomic E-state index is -4.66. The first-order valence-corrected chi connectivity index (χ1v) is 16.1. The van der Waals surface area contributed by atoms with Crippen LogP contribution in [0.1, 0.15) is 66.3 Å². The number of nitrogens with two attached hydrogens (primary N) is 1. The van der Waals surface area contributed by atoms with Crippen LogP contribution in [0, 0.1) is 5.41 Å². The second-order valence-corrected chi connectivity index (χ2v) is 11.9. The third-order valence-electron chi connectivity index (χ3n) is 7.76. The molecule has 4 aromatic rings. The number of hydrogen-bond donors (Lipinski definition) is 6. The second kappa shape index (κ2) is 17.3. The van der Waals surface area contributed by atoms with Gasteiger partial charge in [-0.25, -0.2) is 10.4 Å². The fourth-order valence-electron chi connectivity index (χ4n) is 5.25. The van der Waals surface area contributed by atoms with Crippen LogP contribution in [-0.4, -0.2) is 62.1 Å². The molecule has 0 saturated carbocycles. The number of benzene rings is 1. The van der Waals surface area contributed by atoms with E-state index in [1.165, 1.54) is 56.4 Å². The number of amides is 4. The molecule has 14 nitrogen and oxygen atoms in total. The van der Waals surface area contributed by atoms with Crippen LogP contribution in [0.4, 0.5) is 30.2 Å². The molecule has 4 rings (SSSR count). The fourth-order valence-corrected chi connectivity index (χ4v) is 5.33. The summed E-state index contributed by atoms with van der Waals surface area (Å²) in [7, 11) is 4.80. The molecule has 0 aliphatic rings. The Kier molecular flexibility index (Phi) is 13.7. The molecule has 7 N–H and O–H groups in total. The molecule has 19 heteroatoms. The van der Waals surface area contributed by atoms with Crippen LogP contribution in [0.5, 0.6) is 0 Å². The van der Waals surface area contributed by atoms with Crippen molar-refractivity contribution in [3.63, 3.8) is 0 Å². The molecule has 4 amide bonds. The fraction of sp³-hybridized carbons (Fsp3) is 0.303. The summed E-state index contributed by atoms with van der Waals surface area (Å²) in [6, 6.07) is 7.72. The van der Waals surface area contributed by atoms with Gasteiger partial charge < -0.3 is 35.4 Å². The zero-order valence-corrected chi connectivity index (χ0v) is 30.2. The maximum Gasteiger partial charge on any atom is 0.416 e. The molecule has 52 heavy (non-hydrogen) atoms. The summed E-state index contributed by atoms with van der Waals surface area (Å²) in [5.41, 5.74) is 8.41. The normalized spacial score (nSPS) is 11.1. The second-order valence-electron chi connectivity index (χ2n) is 11.5. The average Bonchev–Trinajstić information content (AvgIpc) is 3.75. The van der Waals surface area contributed by atoms with Crippen LogP contribution in [0.2, 0.25) is 0 Å². The Morgan fingerprint density at radius 3 is 1.90 bits per heavy atom. The minimum Gasteiger partial charge on any atom is -0.388 e. The molecule has 3 aromatic heterocycles. The largest absolute Gasteiger partial charge is 0.416 e. The van der Waals surface area contributed by atoms with Crippen LogP contribution >= 0.6 is 24.0 Å². The van der Waals surface area contributed by atoms with Gasteiger partial charge in [-0.1, -0.05) is 13.0 Å². The molecule has 1 aromatic carbocycles. The van der Waals surface area contributed by atoms with Gasteiger partial charge in [0, 0.05) is 70.7 Å². The summed E-state index contributed by atoms with van der Waals surface area (Å²) < 4.78 is 45.7. The highest BCUT2D eigenvalue weighted by molar-refractivity contribution is 6.18. The first-order chi connectivity index (χ1) is 24.0. The number of carbonyl (C=O) groups is 4. The Bertz CT molecular complexity index is 1970. The van der Waals surface area contributed by atoms with Crippen molar-refractivity contribution < 1.29 is 32.3 Å². The zero-order valence-electron chi connectivity index (χ0n) is 28.7. The van der Waals surface area contributed by atoms with E-state index in [9.17, 15) is 32.3 Å². The Balaban J connectivity index is 0.00000729. The molecular weight excluding hydrogens is 728 g/mol. The maximum atomic E-state index is 13.7. The Hall–Kier alpha value is -5.26. The molecule has 0 radical (unpaired) electrons. The standard InChI is InChI=1S/C33H38ClF3N10O4.ClH/c1-5-19-6-7-20(12-24(19)33(35,36)37)32(51)47(41-11-9-34)23-15-27(46(4)18-23)31(50)43-22-14-26(45(3)17-22)30(49)42-21-13-25(44(2)16-21)29(48)40-10-8-28(38)39;/h6-7,12-18,41H,5,8-11H2,1-4H3,(H3,38,39)(H,40,48)(H,42,49)(H,43,50);1H. The number of rotatable bonds is 14. The third kappa shape index (κ3) is 9.74. The van der Waals surface area contributed by atoms with Gasteiger partial charge in [0.05, 0.1) is 28.5 Å². The first-order valence-electron chi connectivity index (χ1n) is 15.6. The number of nitrogens with one attached hydrogen (secondary N) is 5. The zero-order chi connectivity index (χ0) is 37.6. The third-order valence-corrected chi connectivity index (χ3v) is 7.95. The summed E-state index contributed by atoms with van der Waals surface area (Å²) >= 11 is 5.84. The summed E-state index contributed by atoms with van der Waals surface area (Å²) in [6.45, 7) is 1.87. The summed E-state index contributed by atoms with van der Waals surface area (Å²) in [5, 5.41) is 16.4. The highest BCUT2D eigenvalue weighted by Crippen LogP contribution is 2.33. The predicted octanol–water partition coefficient (Wildman–Crippen LogP) is 4.66. The van der Waals surface area contributed by atoms with Crippen molar-refractivity contribution in [3.05, 3.63) is 88.8 Å². The molecule has 0 aliphatic heterocycles. The van der Waals surface area contributed by atoms with E-state index in [0.717, 1.165) is 11.1 Å². The van der Waals surface area contributed by atoms with Crippen molar-refractivity contribution in [3.8, 4) is 0 Å². The SMILES string of the molecule is CCc1ccc(C(=O)N(NCCCl)c2cc(C(=O)Nc3cc(C(=O)Nc4cc(C(=O)NCCC(=N)N)n(C)c4)n(C)c3)n(C)c2)cc1C(F)(F)F.Cl. The van der Waals surface area contributed by atoms with E-state index in [2.05, 4.69) is 21.4 Å². The number of amidine groups is 1. The van der Waals surface area contributed by atoms with Gasteiger partial charge in [-0.15, -0.1) is 24.0 Å². The molecule has 0 spiro atoms. The molecule has 0 fully saturated rings. The van der Waals surface area contributed by atoms with Gasteiger partial charge in [0.15, 0.2) is 0 Å². The van der Waals surface area contributed by atoms with Gasteiger partial charge in [-0.05, 0) is 42.3 Å². The van der Waals surface area contributed by atoms with Crippen molar-refractivity contribution in [2.24, 2.45) is 26.9 Å². The molecule has 280 valence electrons. The summed E-state index contributed by atoms with van der Waals surface area (Å²) in [4.78, 5) is 52.6. The lowest BCUT2D eigenvalue weighted by Crippen LogP contribution is -2.44. The number of hydrogen-bond acceptors (Lipinski definition) is 6. The highest BCUT2D eigenvalue weighted by Gasteiger charge is 2.34. The van der Waals surface area contributed by atoms with Crippen molar-refractivity contribution in [2.45, 2.75) is 25.9 Å². The topological polar surface area (TPSA) is 184 Å². The monoisotopic (exact) mass is 766 g/mol. The van der Waals surface area contributed by atoms with Crippen molar-refractivity contribution in [1.82, 2.24) is 24.4 Å². The molecule has 0 aliphatic carbocycles. The molecule has 0 unspecified atom stereocenters. The molecule has 0 bridgehead atoms. The maximum absolute atomic E-state index is 13.7. The molecule has 0 saturated heterocycles. The van der Waals surface area contributed by atoms with Crippen molar-refractivity contribution in [2.75, 3.05) is 34.6 Å². The van der Waals surface area contributed by atoms with Gasteiger partial charge in [0.2, 0.25) is 0 Å². The van der Waals surface area contributed by atoms with E-state index in [-0.39, 0.29) is 89.6 Å². The summed E-state index contributed by atoms with van der Waals surface area (Å²) in [5.74, 6) is -2.29. The molecule has 3 heterocycles. The van der Waals surface area contributed by atoms with Gasteiger partial charge in [0.1, 0.15) is 17.1 Å². The molecular formula is C33H39Cl2F3N10O4. The van der Waals surface area contributed by atoms with Crippen LogP contribution in [-0.2, 0) is 33.7 Å². The number of hydrazine groups is 1. The minimum absolute atomic E-state index is 0.